The number of nitrogens with two attached hydrogens (primary N) is 1. The number of anilines is 1. The van der Waals surface area contributed by atoms with Crippen LogP contribution in [0.1, 0.15) is 19.0 Å². The van der Waals surface area contributed by atoms with Gasteiger partial charge in [-0.25, -0.2) is 15.0 Å². The Bertz CT molecular complexity index is 605. The van der Waals surface area contributed by atoms with Gasteiger partial charge in [0.05, 0.1) is 23.7 Å². The van der Waals surface area contributed by atoms with Crippen LogP contribution in [0.25, 0.3) is 5.57 Å². The van der Waals surface area contributed by atoms with Crippen LogP contribution in [-0.2, 0) is 4.84 Å². The van der Waals surface area contributed by atoms with E-state index < -0.39 is 0 Å². The lowest BCUT2D eigenvalue weighted by atomic mass is 10.1. The van der Waals surface area contributed by atoms with Crippen LogP contribution in [0.15, 0.2) is 42.0 Å². The van der Waals surface area contributed by atoms with Gasteiger partial charge >= 0.3 is 0 Å². The summed E-state index contributed by atoms with van der Waals surface area (Å²) in [6.45, 7) is 3.45. The average Bonchev–Trinajstić information content (AvgIpc) is 2.89. The maximum absolute atomic E-state index is 5.76. The van der Waals surface area contributed by atoms with Crippen molar-refractivity contribution < 1.29 is 4.84 Å². The molecule has 3 N–H and O–H groups in total. The molecule has 0 radical (unpaired) electrons. The van der Waals surface area contributed by atoms with Gasteiger partial charge < -0.3 is 11.1 Å². The lowest BCUT2D eigenvalue weighted by molar-refractivity contribution is -0.0900. The van der Waals surface area contributed by atoms with Crippen molar-refractivity contribution >= 4 is 11.5 Å². The third-order valence-electron chi connectivity index (χ3n) is 3.12. The first-order chi connectivity index (χ1) is 9.79. The van der Waals surface area contributed by atoms with Gasteiger partial charge in [0.2, 0.25) is 5.95 Å². The van der Waals surface area contributed by atoms with Crippen molar-refractivity contribution in [1.29, 1.82) is 0 Å². The molecule has 1 aromatic heterocycles. The monoisotopic (exact) mass is 271 g/mol. The second kappa shape index (κ2) is 5.34. The Morgan fingerprint density at radius 3 is 3.20 bits per heavy atom. The van der Waals surface area contributed by atoms with Crippen molar-refractivity contribution in [2.75, 3.05) is 18.9 Å². The highest BCUT2D eigenvalue weighted by molar-refractivity contribution is 5.75. The van der Waals surface area contributed by atoms with E-state index in [2.05, 4.69) is 22.2 Å². The lowest BCUT2D eigenvalue weighted by Crippen LogP contribution is -2.22. The molecular weight excluding hydrogens is 254 g/mol. The molecular formula is C14H17N5O. The van der Waals surface area contributed by atoms with Gasteiger partial charge in [0.1, 0.15) is 0 Å². The molecule has 20 heavy (non-hydrogen) atoms. The summed E-state index contributed by atoms with van der Waals surface area (Å²) < 4.78 is 0. The summed E-state index contributed by atoms with van der Waals surface area (Å²) in [6, 6.07) is 1.86. The molecule has 0 saturated carbocycles. The standard InChI is InChI=1S/C14H17N5O/c1-2-8-20-19-7-3-4-12-13(19)10(9-17-12)11-5-6-16-14(15)18-11/h3-7,17H,2,8-9H2,1H3,(H2,15,16,18). The van der Waals surface area contributed by atoms with Gasteiger partial charge in [0.15, 0.2) is 0 Å². The predicted molar refractivity (Wildman–Crippen MR) is 76.7 cm³/mol. The quantitative estimate of drug-likeness (QED) is 0.862. The fourth-order valence-corrected chi connectivity index (χ4v) is 2.25. The van der Waals surface area contributed by atoms with Gasteiger partial charge in [-0.3, -0.25) is 4.84 Å². The van der Waals surface area contributed by atoms with Gasteiger partial charge in [0, 0.05) is 24.5 Å². The highest BCUT2D eigenvalue weighted by atomic mass is 16.7. The molecule has 3 rings (SSSR count). The zero-order valence-corrected chi connectivity index (χ0v) is 11.3. The van der Waals surface area contributed by atoms with Crippen molar-refractivity contribution in [2.24, 2.45) is 0 Å². The minimum absolute atomic E-state index is 0.278. The van der Waals surface area contributed by atoms with Crippen LogP contribution < -0.4 is 11.1 Å². The van der Waals surface area contributed by atoms with E-state index in [0.29, 0.717) is 13.2 Å². The molecule has 0 spiro atoms. The van der Waals surface area contributed by atoms with E-state index >= 15 is 0 Å². The van der Waals surface area contributed by atoms with Crippen LogP contribution in [0.3, 0.4) is 0 Å². The van der Waals surface area contributed by atoms with E-state index in [1.807, 2.05) is 24.4 Å². The maximum Gasteiger partial charge on any atom is 0.220 e. The molecule has 104 valence electrons. The molecule has 0 unspecified atom stereocenters. The Labute approximate surface area is 117 Å². The van der Waals surface area contributed by atoms with E-state index in [1.165, 1.54) is 0 Å². The highest BCUT2D eigenvalue weighted by Gasteiger charge is 2.27. The predicted octanol–water partition coefficient (Wildman–Crippen LogP) is 1.43. The van der Waals surface area contributed by atoms with E-state index in [4.69, 9.17) is 10.6 Å². The lowest BCUT2D eigenvalue weighted by Gasteiger charge is -2.24. The first-order valence-electron chi connectivity index (χ1n) is 6.66. The summed E-state index contributed by atoms with van der Waals surface area (Å²) in [6.07, 6.45) is 8.52. The number of nitrogens with zero attached hydrogens (tertiary/aromatic N) is 3. The van der Waals surface area contributed by atoms with Gasteiger partial charge in [-0.05, 0) is 24.6 Å². The summed E-state index contributed by atoms with van der Waals surface area (Å²) in [5, 5.41) is 5.14. The van der Waals surface area contributed by atoms with E-state index in [1.54, 1.807) is 11.3 Å². The van der Waals surface area contributed by atoms with Crippen molar-refractivity contribution in [1.82, 2.24) is 20.3 Å². The summed E-state index contributed by atoms with van der Waals surface area (Å²) >= 11 is 0. The SMILES string of the molecule is CCCON1C=CC=C2NCC(c3ccnc(N)n3)=C21. The number of nitrogen functional groups attached to an aromatic ring is 1. The van der Waals surface area contributed by atoms with Crippen LogP contribution in [0, 0.1) is 0 Å². The third-order valence-corrected chi connectivity index (χ3v) is 3.12. The van der Waals surface area contributed by atoms with Gasteiger partial charge in [-0.1, -0.05) is 6.92 Å². The largest absolute Gasteiger partial charge is 0.379 e. The number of hydrogen-bond acceptors (Lipinski definition) is 6. The Morgan fingerprint density at radius 2 is 2.40 bits per heavy atom. The third kappa shape index (κ3) is 2.25. The minimum atomic E-state index is 0.278. The van der Waals surface area contributed by atoms with Crippen molar-refractivity contribution in [3.05, 3.63) is 47.7 Å². The molecule has 2 aliphatic rings. The molecule has 3 heterocycles. The summed E-state index contributed by atoms with van der Waals surface area (Å²) in [7, 11) is 0. The van der Waals surface area contributed by atoms with Gasteiger partial charge in [-0.2, -0.15) is 0 Å². The van der Waals surface area contributed by atoms with Crippen LogP contribution in [0.5, 0.6) is 0 Å². The molecule has 6 nitrogen and oxygen atoms in total. The molecule has 0 bridgehead atoms. The summed E-state index contributed by atoms with van der Waals surface area (Å²) in [5.74, 6) is 0.278. The van der Waals surface area contributed by atoms with Crippen molar-refractivity contribution in [2.45, 2.75) is 13.3 Å². The molecule has 1 aromatic rings. The highest BCUT2D eigenvalue weighted by Crippen LogP contribution is 2.32. The molecule has 0 fully saturated rings. The molecule has 0 amide bonds. The van der Waals surface area contributed by atoms with Crippen molar-refractivity contribution in [3.8, 4) is 0 Å². The normalized spacial score (nSPS) is 17.1. The number of fused-ring (bicyclic) bond motifs is 1. The number of aromatic nitrogens is 2. The number of rotatable bonds is 4. The fraction of sp³-hybridized carbons (Fsp3) is 0.286. The van der Waals surface area contributed by atoms with Crippen LogP contribution >= 0.6 is 0 Å². The van der Waals surface area contributed by atoms with E-state index in [9.17, 15) is 0 Å². The molecule has 0 atom stereocenters. The van der Waals surface area contributed by atoms with Crippen LogP contribution in [-0.4, -0.2) is 28.2 Å². The number of nitrogens with one attached hydrogen (secondary N) is 1. The molecule has 2 aliphatic heterocycles. The van der Waals surface area contributed by atoms with Gasteiger partial charge in [0.25, 0.3) is 0 Å². The first-order valence-corrected chi connectivity index (χ1v) is 6.66. The fourth-order valence-electron chi connectivity index (χ4n) is 2.25. The smallest absolute Gasteiger partial charge is 0.220 e. The molecule has 0 saturated heterocycles. The van der Waals surface area contributed by atoms with Crippen molar-refractivity contribution in [3.63, 3.8) is 0 Å². The Kier molecular flexibility index (Phi) is 3.39. The second-order valence-corrected chi connectivity index (χ2v) is 4.56. The zero-order chi connectivity index (χ0) is 13.9. The second-order valence-electron chi connectivity index (χ2n) is 4.56. The summed E-state index contributed by atoms with van der Waals surface area (Å²) in [4.78, 5) is 14.0. The van der Waals surface area contributed by atoms with Crippen LogP contribution in [0.2, 0.25) is 0 Å². The maximum atomic E-state index is 5.76. The number of hydrogen-bond donors (Lipinski definition) is 2. The number of allylic oxidation sites excluding steroid dienone is 2. The number of hydroxylamine groups is 2. The van der Waals surface area contributed by atoms with E-state index in [0.717, 1.165) is 29.1 Å². The van der Waals surface area contributed by atoms with Gasteiger partial charge in [-0.15, -0.1) is 0 Å². The Hall–Kier alpha value is -2.34. The average molecular weight is 271 g/mol. The Morgan fingerprint density at radius 1 is 1.50 bits per heavy atom. The molecule has 6 heteroatoms. The Balaban J connectivity index is 1.99. The zero-order valence-electron chi connectivity index (χ0n) is 11.3. The first kappa shape index (κ1) is 12.7. The summed E-state index contributed by atoms with van der Waals surface area (Å²) in [5.41, 5.74) is 9.59. The minimum Gasteiger partial charge on any atom is -0.379 e. The topological polar surface area (TPSA) is 76.3 Å². The van der Waals surface area contributed by atoms with Crippen LogP contribution in [0.4, 0.5) is 5.95 Å². The molecule has 0 aromatic carbocycles. The van der Waals surface area contributed by atoms with E-state index in [-0.39, 0.29) is 5.95 Å². The molecule has 0 aliphatic carbocycles.